The van der Waals surface area contributed by atoms with Crippen molar-refractivity contribution in [2.75, 3.05) is 13.1 Å². The van der Waals surface area contributed by atoms with Crippen LogP contribution in [0.2, 0.25) is 0 Å². The smallest absolute Gasteiger partial charge is 0.0239 e. The second-order valence-electron chi connectivity index (χ2n) is 6.41. The van der Waals surface area contributed by atoms with Crippen LogP contribution in [-0.2, 0) is 6.54 Å². The molecule has 1 aromatic carbocycles. The minimum atomic E-state index is 0.501. The van der Waals surface area contributed by atoms with Gasteiger partial charge in [0, 0.05) is 12.1 Å². The van der Waals surface area contributed by atoms with Crippen LogP contribution < -0.4 is 5.73 Å². The largest absolute Gasteiger partial charge is 0.330 e. The Hall–Kier alpha value is -0.860. The average molecular weight is 258 g/mol. The zero-order valence-corrected chi connectivity index (χ0v) is 11.9. The van der Waals surface area contributed by atoms with Gasteiger partial charge in [-0.15, -0.1) is 0 Å². The van der Waals surface area contributed by atoms with Crippen LogP contribution in [0.3, 0.4) is 0 Å². The summed E-state index contributed by atoms with van der Waals surface area (Å²) in [6, 6.07) is 10.9. The normalized spacial score (nSPS) is 31.9. The van der Waals surface area contributed by atoms with Crippen molar-refractivity contribution in [2.45, 2.75) is 50.6 Å². The molecule has 2 N–H and O–H groups in total. The molecule has 1 aromatic rings. The molecule has 0 unspecified atom stereocenters. The second kappa shape index (κ2) is 5.64. The molecule has 1 aliphatic heterocycles. The summed E-state index contributed by atoms with van der Waals surface area (Å²) in [6.45, 7) is 3.30. The average Bonchev–Trinajstić information content (AvgIpc) is 2.84. The molecule has 2 nitrogen and oxygen atoms in total. The van der Waals surface area contributed by atoms with Gasteiger partial charge < -0.3 is 5.73 Å². The fourth-order valence-electron chi connectivity index (χ4n) is 4.06. The van der Waals surface area contributed by atoms with Gasteiger partial charge in [-0.3, -0.25) is 4.90 Å². The van der Waals surface area contributed by atoms with E-state index in [1.165, 1.54) is 50.6 Å². The molecule has 0 aromatic heterocycles. The Morgan fingerprint density at radius 3 is 2.53 bits per heavy atom. The van der Waals surface area contributed by atoms with Crippen LogP contribution in [0.15, 0.2) is 30.3 Å². The lowest BCUT2D eigenvalue weighted by Gasteiger charge is -2.44. The lowest BCUT2D eigenvalue weighted by Crippen LogP contribution is -2.46. The van der Waals surface area contributed by atoms with Gasteiger partial charge in [0.2, 0.25) is 0 Å². The first-order chi connectivity index (χ1) is 9.32. The maximum Gasteiger partial charge on any atom is 0.0239 e. The standard InChI is InChI=1S/C17H26N2/c18-13-15-7-10-17(11-8-15)9-4-12-19(17)14-16-5-2-1-3-6-16/h1-3,5-6,15H,4,7-14,18H2. The summed E-state index contributed by atoms with van der Waals surface area (Å²) in [5.41, 5.74) is 7.80. The van der Waals surface area contributed by atoms with Crippen LogP contribution in [-0.4, -0.2) is 23.5 Å². The van der Waals surface area contributed by atoms with Gasteiger partial charge in [0.25, 0.3) is 0 Å². The molecule has 1 saturated carbocycles. The molecular formula is C17H26N2. The van der Waals surface area contributed by atoms with Crippen molar-refractivity contribution in [1.29, 1.82) is 0 Å². The minimum absolute atomic E-state index is 0.501. The SMILES string of the molecule is NCC1CCC2(CCCN2Cc2ccccc2)CC1. The van der Waals surface area contributed by atoms with Gasteiger partial charge in [0.1, 0.15) is 0 Å². The number of nitrogens with two attached hydrogens (primary N) is 1. The van der Waals surface area contributed by atoms with Gasteiger partial charge in [-0.05, 0) is 63.1 Å². The Bertz CT molecular complexity index is 393. The van der Waals surface area contributed by atoms with Crippen LogP contribution >= 0.6 is 0 Å². The van der Waals surface area contributed by atoms with E-state index in [1.807, 2.05) is 0 Å². The molecule has 3 rings (SSSR count). The Kier molecular flexibility index (Phi) is 3.90. The van der Waals surface area contributed by atoms with Crippen LogP contribution in [0, 0.1) is 5.92 Å². The van der Waals surface area contributed by atoms with Gasteiger partial charge in [-0.1, -0.05) is 30.3 Å². The highest BCUT2D eigenvalue weighted by molar-refractivity contribution is 5.15. The highest BCUT2D eigenvalue weighted by atomic mass is 15.2. The van der Waals surface area contributed by atoms with Crippen LogP contribution in [0.5, 0.6) is 0 Å². The second-order valence-corrected chi connectivity index (χ2v) is 6.41. The van der Waals surface area contributed by atoms with E-state index in [0.29, 0.717) is 5.54 Å². The van der Waals surface area contributed by atoms with E-state index in [2.05, 4.69) is 35.2 Å². The van der Waals surface area contributed by atoms with Crippen molar-refractivity contribution >= 4 is 0 Å². The number of likely N-dealkylation sites (tertiary alicyclic amines) is 1. The van der Waals surface area contributed by atoms with Crippen LogP contribution in [0.1, 0.15) is 44.1 Å². The van der Waals surface area contributed by atoms with Gasteiger partial charge in [-0.2, -0.15) is 0 Å². The molecule has 104 valence electrons. The van der Waals surface area contributed by atoms with Crippen molar-refractivity contribution in [3.8, 4) is 0 Å². The number of nitrogens with zero attached hydrogens (tertiary/aromatic N) is 1. The molecule has 2 heteroatoms. The molecule has 1 heterocycles. The van der Waals surface area contributed by atoms with Crippen molar-refractivity contribution in [3.63, 3.8) is 0 Å². The summed E-state index contributed by atoms with van der Waals surface area (Å²) in [5, 5.41) is 0. The fraction of sp³-hybridized carbons (Fsp3) is 0.647. The topological polar surface area (TPSA) is 29.3 Å². The van der Waals surface area contributed by atoms with E-state index in [-0.39, 0.29) is 0 Å². The van der Waals surface area contributed by atoms with E-state index in [0.717, 1.165) is 19.0 Å². The zero-order valence-electron chi connectivity index (χ0n) is 11.9. The quantitative estimate of drug-likeness (QED) is 0.902. The first kappa shape index (κ1) is 13.1. The summed E-state index contributed by atoms with van der Waals surface area (Å²) in [6.07, 6.45) is 8.17. The summed E-state index contributed by atoms with van der Waals surface area (Å²) in [4.78, 5) is 2.76. The summed E-state index contributed by atoms with van der Waals surface area (Å²) in [5.74, 6) is 0.782. The molecule has 1 aliphatic carbocycles. The number of rotatable bonds is 3. The van der Waals surface area contributed by atoms with Crippen LogP contribution in [0.25, 0.3) is 0 Å². The lowest BCUT2D eigenvalue weighted by molar-refractivity contribution is 0.0692. The minimum Gasteiger partial charge on any atom is -0.330 e. The molecule has 1 saturated heterocycles. The summed E-state index contributed by atoms with van der Waals surface area (Å²) < 4.78 is 0. The number of benzene rings is 1. The first-order valence-corrected chi connectivity index (χ1v) is 7.81. The van der Waals surface area contributed by atoms with E-state index in [9.17, 15) is 0 Å². The van der Waals surface area contributed by atoms with E-state index >= 15 is 0 Å². The molecule has 0 radical (unpaired) electrons. The van der Waals surface area contributed by atoms with Crippen molar-refractivity contribution in [3.05, 3.63) is 35.9 Å². The number of hydrogen-bond acceptors (Lipinski definition) is 2. The predicted octanol–water partition coefficient (Wildman–Crippen LogP) is 3.17. The highest BCUT2D eigenvalue weighted by Crippen LogP contribution is 2.43. The van der Waals surface area contributed by atoms with Gasteiger partial charge >= 0.3 is 0 Å². The Morgan fingerprint density at radius 2 is 1.84 bits per heavy atom. The van der Waals surface area contributed by atoms with Crippen molar-refractivity contribution in [1.82, 2.24) is 4.90 Å². The molecule has 0 atom stereocenters. The molecule has 19 heavy (non-hydrogen) atoms. The number of hydrogen-bond donors (Lipinski definition) is 1. The van der Waals surface area contributed by atoms with Gasteiger partial charge in [0.15, 0.2) is 0 Å². The zero-order chi connectivity index (χ0) is 13.1. The molecular weight excluding hydrogens is 232 g/mol. The molecule has 2 fully saturated rings. The molecule has 2 aliphatic rings. The Morgan fingerprint density at radius 1 is 1.11 bits per heavy atom. The third-order valence-electron chi connectivity index (χ3n) is 5.33. The van der Waals surface area contributed by atoms with Crippen LogP contribution in [0.4, 0.5) is 0 Å². The maximum atomic E-state index is 5.83. The molecule has 0 amide bonds. The lowest BCUT2D eigenvalue weighted by atomic mass is 9.75. The third kappa shape index (κ3) is 2.70. The monoisotopic (exact) mass is 258 g/mol. The molecule has 1 spiro atoms. The summed E-state index contributed by atoms with van der Waals surface area (Å²) in [7, 11) is 0. The fourth-order valence-corrected chi connectivity index (χ4v) is 4.06. The van der Waals surface area contributed by atoms with E-state index in [4.69, 9.17) is 5.73 Å². The Labute approximate surface area is 117 Å². The van der Waals surface area contributed by atoms with E-state index in [1.54, 1.807) is 0 Å². The first-order valence-electron chi connectivity index (χ1n) is 7.81. The Balaban J connectivity index is 1.68. The van der Waals surface area contributed by atoms with Gasteiger partial charge in [-0.25, -0.2) is 0 Å². The maximum absolute atomic E-state index is 5.83. The summed E-state index contributed by atoms with van der Waals surface area (Å²) >= 11 is 0. The predicted molar refractivity (Wildman–Crippen MR) is 79.8 cm³/mol. The third-order valence-corrected chi connectivity index (χ3v) is 5.33. The van der Waals surface area contributed by atoms with Crippen molar-refractivity contribution < 1.29 is 0 Å². The van der Waals surface area contributed by atoms with Gasteiger partial charge in [0.05, 0.1) is 0 Å². The van der Waals surface area contributed by atoms with E-state index < -0.39 is 0 Å². The van der Waals surface area contributed by atoms with Crippen molar-refractivity contribution in [2.24, 2.45) is 11.7 Å². The molecule has 0 bridgehead atoms. The highest BCUT2D eigenvalue weighted by Gasteiger charge is 2.42.